The van der Waals surface area contributed by atoms with E-state index in [2.05, 4.69) is 20.9 Å². The van der Waals surface area contributed by atoms with Gasteiger partial charge in [-0.05, 0) is 86.3 Å². The number of carbonyl (C=O) groups excluding carboxylic acids is 3. The molecule has 4 aliphatic carbocycles. The molecule has 4 aliphatic rings. The Morgan fingerprint density at radius 2 is 1.63 bits per heavy atom. The van der Waals surface area contributed by atoms with Gasteiger partial charge in [-0.25, -0.2) is 4.79 Å². The lowest BCUT2D eigenvalue weighted by molar-refractivity contribution is -0.128. The van der Waals surface area contributed by atoms with Crippen molar-refractivity contribution in [1.82, 2.24) is 20.9 Å². The van der Waals surface area contributed by atoms with Gasteiger partial charge in [-0.2, -0.15) is 0 Å². The van der Waals surface area contributed by atoms with Gasteiger partial charge in [0.15, 0.2) is 0 Å². The number of rotatable bonds is 11. The summed E-state index contributed by atoms with van der Waals surface area (Å²) in [4.78, 5) is 43.4. The van der Waals surface area contributed by atoms with E-state index in [0.29, 0.717) is 18.3 Å². The van der Waals surface area contributed by atoms with E-state index in [1.54, 1.807) is 6.92 Å². The van der Waals surface area contributed by atoms with Crippen LogP contribution in [0.4, 0.5) is 4.79 Å². The summed E-state index contributed by atoms with van der Waals surface area (Å²) in [6.45, 7) is 3.91. The molecule has 3 aromatic rings. The number of amides is 3. The molecule has 0 spiro atoms. The second kappa shape index (κ2) is 12.4. The molecule has 7 rings (SSSR count). The van der Waals surface area contributed by atoms with Gasteiger partial charge in [0.2, 0.25) is 11.8 Å². The van der Waals surface area contributed by atoms with E-state index in [1.165, 1.54) is 6.42 Å². The molecule has 4 bridgehead atoms. The molecule has 0 aliphatic heterocycles. The molecule has 43 heavy (non-hydrogen) atoms. The van der Waals surface area contributed by atoms with Crippen LogP contribution in [0, 0.1) is 23.7 Å². The molecule has 2 aromatic carbocycles. The number of benzene rings is 2. The number of aromatic amines is 1. The maximum atomic E-state index is 14.0. The fraction of sp³-hybridized carbons (Fsp3) is 0.514. The first-order valence-electron chi connectivity index (χ1n) is 16.0. The van der Waals surface area contributed by atoms with Gasteiger partial charge in [0.05, 0.1) is 6.04 Å². The van der Waals surface area contributed by atoms with Crippen LogP contribution in [-0.4, -0.2) is 41.1 Å². The highest BCUT2D eigenvalue weighted by Gasteiger charge is 2.50. The monoisotopic (exact) mass is 584 g/mol. The summed E-state index contributed by atoms with van der Waals surface area (Å²) in [5, 5.41) is 10.1. The number of aromatic nitrogens is 1. The first kappa shape index (κ1) is 29.3. The highest BCUT2D eigenvalue weighted by molar-refractivity contribution is 5.91. The molecule has 3 amide bonds. The number of hydrogen-bond donors (Lipinski definition) is 4. The van der Waals surface area contributed by atoms with Crippen molar-refractivity contribution in [1.29, 1.82) is 0 Å². The van der Waals surface area contributed by atoms with Crippen molar-refractivity contribution >= 4 is 28.8 Å². The third kappa shape index (κ3) is 6.43. The minimum Gasteiger partial charge on any atom is -0.446 e. The van der Waals surface area contributed by atoms with Gasteiger partial charge in [-0.3, -0.25) is 9.59 Å². The van der Waals surface area contributed by atoms with Gasteiger partial charge in [0.25, 0.3) is 0 Å². The number of ether oxygens (including phenoxy) is 1. The second-order valence-electron chi connectivity index (χ2n) is 13.3. The van der Waals surface area contributed by atoms with Crippen molar-refractivity contribution in [3.63, 3.8) is 0 Å². The minimum absolute atomic E-state index is 0.0653. The van der Waals surface area contributed by atoms with Crippen molar-refractivity contribution in [3.8, 4) is 0 Å². The molecule has 0 unspecified atom stereocenters. The SMILES string of the molecule is CCCC(=O)N[C@@H](CNC(=O)[C@@](C)(Cc1c[nH]c2ccccc12)NC(=O)OC1C2CC3CC(C2)CC1C3)c1ccccc1. The number of fused-ring (bicyclic) bond motifs is 1. The Hall–Kier alpha value is -3.81. The van der Waals surface area contributed by atoms with Gasteiger partial charge < -0.3 is 25.7 Å². The van der Waals surface area contributed by atoms with Gasteiger partial charge in [0.1, 0.15) is 11.6 Å². The Morgan fingerprint density at radius 1 is 0.953 bits per heavy atom. The van der Waals surface area contributed by atoms with Crippen LogP contribution in [0.25, 0.3) is 10.9 Å². The van der Waals surface area contributed by atoms with Crippen molar-refractivity contribution in [3.05, 3.63) is 71.9 Å². The molecular formula is C35H44N4O4. The Balaban J connectivity index is 1.20. The van der Waals surface area contributed by atoms with E-state index >= 15 is 0 Å². The minimum atomic E-state index is -1.29. The summed E-state index contributed by atoms with van der Waals surface area (Å²) in [7, 11) is 0. The fourth-order valence-corrected chi connectivity index (χ4v) is 8.11. The van der Waals surface area contributed by atoms with E-state index in [4.69, 9.17) is 4.74 Å². The summed E-state index contributed by atoms with van der Waals surface area (Å²) < 4.78 is 6.16. The zero-order chi connectivity index (χ0) is 30.0. The standard InChI is InChI=1S/C35H44N4O4/c1-3-9-31(40)38-30(24-10-5-4-6-11-24)21-37-33(41)35(2,19-27-20-36-29-13-8-7-12-28(27)29)39-34(42)43-32-25-15-22-14-23(17-25)18-26(32)16-22/h4-8,10-13,20,22-23,25-26,30,32,36H,3,9,14-19,21H2,1-2H3,(H,37,41)(H,38,40)(H,39,42)/t22?,23?,25?,26?,30-,32?,35+/m0/s1. The number of nitrogens with one attached hydrogen (secondary N) is 4. The molecule has 4 fully saturated rings. The summed E-state index contributed by atoms with van der Waals surface area (Å²) >= 11 is 0. The van der Waals surface area contributed by atoms with Gasteiger partial charge in [-0.15, -0.1) is 0 Å². The van der Waals surface area contributed by atoms with Crippen LogP contribution < -0.4 is 16.0 Å². The molecule has 2 atom stereocenters. The summed E-state index contributed by atoms with van der Waals surface area (Å²) in [6, 6.07) is 17.2. The van der Waals surface area contributed by atoms with E-state index in [-0.39, 0.29) is 30.9 Å². The Labute approximate surface area is 253 Å². The first-order valence-corrected chi connectivity index (χ1v) is 16.0. The third-order valence-corrected chi connectivity index (χ3v) is 9.96. The predicted octanol–water partition coefficient (Wildman–Crippen LogP) is 5.79. The lowest BCUT2D eigenvalue weighted by Gasteiger charge is -2.53. The van der Waals surface area contributed by atoms with Crippen LogP contribution >= 0.6 is 0 Å². The van der Waals surface area contributed by atoms with Gasteiger partial charge >= 0.3 is 6.09 Å². The summed E-state index contributed by atoms with van der Waals surface area (Å²) in [5.74, 6) is 2.01. The smallest absolute Gasteiger partial charge is 0.408 e. The number of H-pyrrole nitrogens is 1. The maximum Gasteiger partial charge on any atom is 0.408 e. The number of hydrogen-bond acceptors (Lipinski definition) is 4. The van der Waals surface area contributed by atoms with Crippen LogP contribution in [0.15, 0.2) is 60.8 Å². The van der Waals surface area contributed by atoms with Crippen LogP contribution in [0.5, 0.6) is 0 Å². The van der Waals surface area contributed by atoms with Crippen LogP contribution in [0.3, 0.4) is 0 Å². The molecule has 8 nitrogen and oxygen atoms in total. The summed E-state index contributed by atoms with van der Waals surface area (Å²) in [6.07, 6.45) is 8.60. The summed E-state index contributed by atoms with van der Waals surface area (Å²) in [5.41, 5.74) is 1.51. The molecule has 228 valence electrons. The van der Waals surface area contributed by atoms with E-state index in [0.717, 1.165) is 66.0 Å². The highest BCUT2D eigenvalue weighted by Crippen LogP contribution is 2.54. The van der Waals surface area contributed by atoms with Crippen molar-refractivity contribution < 1.29 is 19.1 Å². The first-order chi connectivity index (χ1) is 20.8. The predicted molar refractivity (Wildman–Crippen MR) is 166 cm³/mol. The molecule has 4 N–H and O–H groups in total. The topological polar surface area (TPSA) is 112 Å². The molecule has 4 saturated carbocycles. The van der Waals surface area contributed by atoms with Crippen molar-refractivity contribution in [2.75, 3.05) is 6.54 Å². The highest BCUT2D eigenvalue weighted by atomic mass is 16.6. The maximum absolute atomic E-state index is 14.0. The number of alkyl carbamates (subject to hydrolysis) is 1. The Bertz CT molecular complexity index is 1420. The molecule has 0 saturated heterocycles. The molecule has 0 radical (unpaired) electrons. The van der Waals surface area contributed by atoms with E-state index < -0.39 is 17.7 Å². The Kier molecular flexibility index (Phi) is 8.46. The molecule has 1 aromatic heterocycles. The zero-order valence-electron chi connectivity index (χ0n) is 25.2. The zero-order valence-corrected chi connectivity index (χ0v) is 25.2. The largest absolute Gasteiger partial charge is 0.446 e. The second-order valence-corrected chi connectivity index (χ2v) is 13.3. The van der Waals surface area contributed by atoms with Crippen molar-refractivity contribution in [2.24, 2.45) is 23.7 Å². The average molecular weight is 585 g/mol. The fourth-order valence-electron chi connectivity index (χ4n) is 8.11. The molecular weight excluding hydrogens is 540 g/mol. The lowest BCUT2D eigenvalue weighted by atomic mass is 9.55. The van der Waals surface area contributed by atoms with Crippen LogP contribution in [0.2, 0.25) is 0 Å². The third-order valence-electron chi connectivity index (χ3n) is 9.96. The van der Waals surface area contributed by atoms with E-state index in [9.17, 15) is 14.4 Å². The molecule has 1 heterocycles. The number of para-hydroxylation sites is 1. The number of carbonyl (C=O) groups is 3. The van der Waals surface area contributed by atoms with Crippen LogP contribution in [-0.2, 0) is 20.7 Å². The average Bonchev–Trinajstić information content (AvgIpc) is 3.39. The van der Waals surface area contributed by atoms with Gasteiger partial charge in [0, 0.05) is 36.5 Å². The molecule has 8 heteroatoms. The quantitative estimate of drug-likeness (QED) is 0.228. The lowest BCUT2D eigenvalue weighted by Crippen LogP contribution is -2.60. The van der Waals surface area contributed by atoms with Crippen molar-refractivity contribution in [2.45, 2.75) is 82.9 Å². The van der Waals surface area contributed by atoms with E-state index in [1.807, 2.05) is 67.7 Å². The van der Waals surface area contributed by atoms with Gasteiger partial charge in [-0.1, -0.05) is 55.5 Å². The van der Waals surface area contributed by atoms with Crippen LogP contribution in [0.1, 0.15) is 76.0 Å². The normalized spacial score (nSPS) is 26.0. The Morgan fingerprint density at radius 3 is 2.33 bits per heavy atom.